The van der Waals surface area contributed by atoms with E-state index in [0.717, 1.165) is 22.4 Å². The lowest BCUT2D eigenvalue weighted by Crippen LogP contribution is -2.44. The second-order valence-corrected chi connectivity index (χ2v) is 10.9. The van der Waals surface area contributed by atoms with Crippen molar-refractivity contribution in [3.63, 3.8) is 0 Å². The molecule has 1 heterocycles. The van der Waals surface area contributed by atoms with Gasteiger partial charge in [0.05, 0.1) is 6.61 Å². The number of aliphatic hydroxyl groups excluding tert-OH is 2. The van der Waals surface area contributed by atoms with Gasteiger partial charge in [0, 0.05) is 31.0 Å². The highest BCUT2D eigenvalue weighted by molar-refractivity contribution is 6.02. The molecule has 0 radical (unpaired) electrons. The average Bonchev–Trinajstić information content (AvgIpc) is 3.63. The number of carbonyl (C=O) groups is 1. The third-order valence-electron chi connectivity index (χ3n) is 7.44. The van der Waals surface area contributed by atoms with Crippen molar-refractivity contribution >= 4 is 11.6 Å². The molecule has 1 aromatic heterocycles. The monoisotopic (exact) mass is 605 g/mol. The summed E-state index contributed by atoms with van der Waals surface area (Å²) in [4.78, 5) is 17.4. The minimum Gasteiger partial charge on any atom is -0.491 e. The molecule has 5 rings (SSSR count). The quantitative estimate of drug-likeness (QED) is 0.115. The summed E-state index contributed by atoms with van der Waals surface area (Å²) < 4.78 is 11.8. The highest BCUT2D eigenvalue weighted by atomic mass is 16.5. The van der Waals surface area contributed by atoms with Gasteiger partial charge in [-0.2, -0.15) is 0 Å². The van der Waals surface area contributed by atoms with E-state index in [9.17, 15) is 15.0 Å². The molecule has 232 valence electrons. The number of benzene rings is 4. The topological polar surface area (TPSA) is 107 Å². The molecule has 8 nitrogen and oxygen atoms in total. The number of rotatable bonds is 16. The van der Waals surface area contributed by atoms with E-state index < -0.39 is 6.10 Å². The highest BCUT2D eigenvalue weighted by Crippen LogP contribution is 2.20. The van der Waals surface area contributed by atoms with E-state index in [4.69, 9.17) is 9.47 Å². The second-order valence-electron chi connectivity index (χ2n) is 10.9. The van der Waals surface area contributed by atoms with E-state index in [-0.39, 0.29) is 25.2 Å². The number of anilines is 1. The third-order valence-corrected chi connectivity index (χ3v) is 7.44. The van der Waals surface area contributed by atoms with Crippen LogP contribution in [0.4, 0.5) is 5.69 Å². The molecule has 0 unspecified atom stereocenters. The first kappa shape index (κ1) is 31.5. The summed E-state index contributed by atoms with van der Waals surface area (Å²) in [5.41, 5.74) is 4.35. The Morgan fingerprint density at radius 3 is 2.02 bits per heavy atom. The van der Waals surface area contributed by atoms with Crippen molar-refractivity contribution in [3.05, 3.63) is 150 Å². The van der Waals surface area contributed by atoms with E-state index >= 15 is 0 Å². The van der Waals surface area contributed by atoms with E-state index in [0.29, 0.717) is 43.2 Å². The molecule has 0 bridgehead atoms. The van der Waals surface area contributed by atoms with Crippen LogP contribution in [0.1, 0.15) is 27.2 Å². The Morgan fingerprint density at radius 2 is 1.40 bits per heavy atom. The van der Waals surface area contributed by atoms with Gasteiger partial charge in [0.1, 0.15) is 36.5 Å². The normalized spacial score (nSPS) is 12.4. The predicted molar refractivity (Wildman–Crippen MR) is 175 cm³/mol. The van der Waals surface area contributed by atoms with Crippen molar-refractivity contribution in [1.29, 1.82) is 0 Å². The SMILES string of the molecule is O=C(Nc1ccc(C[C@@H](CO)N(Cc2ccccc2)C[C@H](O)COc2ccc(OCc3ccccc3)cc2)cc1)c1ccc[nH]1. The third kappa shape index (κ3) is 9.81. The Hall–Kier alpha value is -4.89. The molecule has 45 heavy (non-hydrogen) atoms. The summed E-state index contributed by atoms with van der Waals surface area (Å²) in [5.74, 6) is 1.17. The summed E-state index contributed by atoms with van der Waals surface area (Å²) in [7, 11) is 0. The molecular formula is C37H39N3O5. The van der Waals surface area contributed by atoms with Gasteiger partial charge in [-0.3, -0.25) is 9.69 Å². The first-order valence-electron chi connectivity index (χ1n) is 15.1. The van der Waals surface area contributed by atoms with Crippen molar-refractivity contribution in [1.82, 2.24) is 9.88 Å². The number of amides is 1. The zero-order valence-electron chi connectivity index (χ0n) is 25.1. The second kappa shape index (κ2) is 16.3. The molecule has 8 heteroatoms. The van der Waals surface area contributed by atoms with Crippen LogP contribution >= 0.6 is 0 Å². The molecule has 0 aliphatic carbocycles. The number of hydrogen-bond acceptors (Lipinski definition) is 6. The van der Waals surface area contributed by atoms with Crippen LogP contribution in [0.15, 0.2) is 128 Å². The van der Waals surface area contributed by atoms with Crippen LogP contribution in [-0.4, -0.2) is 57.9 Å². The minimum atomic E-state index is -0.789. The van der Waals surface area contributed by atoms with E-state index in [1.54, 1.807) is 18.3 Å². The summed E-state index contributed by atoms with van der Waals surface area (Å²) in [5, 5.41) is 24.3. The molecule has 4 N–H and O–H groups in total. The van der Waals surface area contributed by atoms with Gasteiger partial charge in [0.25, 0.3) is 5.91 Å². The van der Waals surface area contributed by atoms with Gasteiger partial charge in [0.15, 0.2) is 0 Å². The summed E-state index contributed by atoms with van der Waals surface area (Å²) in [6.07, 6.45) is 1.48. The lowest BCUT2D eigenvalue weighted by atomic mass is 10.0. The minimum absolute atomic E-state index is 0.0871. The fourth-order valence-electron chi connectivity index (χ4n) is 5.02. The lowest BCUT2D eigenvalue weighted by molar-refractivity contribution is 0.0335. The number of aromatic nitrogens is 1. The summed E-state index contributed by atoms with van der Waals surface area (Å²) in [6, 6.07) is 38.2. The van der Waals surface area contributed by atoms with E-state index in [1.807, 2.05) is 109 Å². The molecular weight excluding hydrogens is 566 g/mol. The van der Waals surface area contributed by atoms with E-state index in [2.05, 4.69) is 15.2 Å². The number of nitrogens with one attached hydrogen (secondary N) is 2. The van der Waals surface area contributed by atoms with Gasteiger partial charge in [-0.25, -0.2) is 0 Å². The zero-order chi connectivity index (χ0) is 31.3. The maximum Gasteiger partial charge on any atom is 0.272 e. The molecule has 0 saturated heterocycles. The number of ether oxygens (including phenoxy) is 2. The Bertz CT molecular complexity index is 1560. The lowest BCUT2D eigenvalue weighted by Gasteiger charge is -2.32. The number of H-pyrrole nitrogens is 1. The molecule has 2 atom stereocenters. The van der Waals surface area contributed by atoms with Crippen LogP contribution in [0.2, 0.25) is 0 Å². The number of aliphatic hydroxyl groups is 2. The molecule has 0 saturated carbocycles. The Balaban J connectivity index is 1.17. The van der Waals surface area contributed by atoms with Crippen LogP contribution in [0.5, 0.6) is 11.5 Å². The van der Waals surface area contributed by atoms with Crippen molar-refractivity contribution in [2.24, 2.45) is 0 Å². The average molecular weight is 606 g/mol. The molecule has 4 aromatic carbocycles. The van der Waals surface area contributed by atoms with E-state index in [1.165, 1.54) is 0 Å². The van der Waals surface area contributed by atoms with Crippen molar-refractivity contribution < 1.29 is 24.5 Å². The predicted octanol–water partition coefficient (Wildman–Crippen LogP) is 5.69. The Kier molecular flexibility index (Phi) is 11.4. The fourth-order valence-corrected chi connectivity index (χ4v) is 5.02. The van der Waals surface area contributed by atoms with Gasteiger partial charge in [0.2, 0.25) is 0 Å². The van der Waals surface area contributed by atoms with Gasteiger partial charge in [-0.1, -0.05) is 72.8 Å². The Morgan fingerprint density at radius 1 is 0.756 bits per heavy atom. The molecule has 0 fully saturated rings. The van der Waals surface area contributed by atoms with Gasteiger partial charge in [-0.15, -0.1) is 0 Å². The maximum atomic E-state index is 12.4. The van der Waals surface area contributed by atoms with Gasteiger partial charge < -0.3 is 30.0 Å². The smallest absolute Gasteiger partial charge is 0.272 e. The first-order chi connectivity index (χ1) is 22.1. The number of aromatic amines is 1. The van der Waals surface area contributed by atoms with Crippen LogP contribution in [0.3, 0.4) is 0 Å². The van der Waals surface area contributed by atoms with Crippen LogP contribution in [0, 0.1) is 0 Å². The van der Waals surface area contributed by atoms with Gasteiger partial charge >= 0.3 is 0 Å². The molecule has 0 spiro atoms. The number of hydrogen-bond donors (Lipinski definition) is 4. The Labute approximate surface area is 263 Å². The highest BCUT2D eigenvalue weighted by Gasteiger charge is 2.22. The van der Waals surface area contributed by atoms with Crippen LogP contribution in [0.25, 0.3) is 0 Å². The molecule has 0 aliphatic rings. The van der Waals surface area contributed by atoms with Gasteiger partial charge in [-0.05, 0) is 71.6 Å². The first-order valence-corrected chi connectivity index (χ1v) is 15.1. The standard InChI is InChI=1S/C37H39N3O5/c41-25-32(22-28-13-15-31(16-14-28)39-37(43)36-12-7-21-38-36)40(23-29-8-3-1-4-9-29)24-33(42)27-45-35-19-17-34(18-20-35)44-26-30-10-5-2-6-11-30/h1-21,32-33,38,41-42H,22-27H2,(H,39,43)/t32-,33-/m0/s1. The molecule has 0 aliphatic heterocycles. The largest absolute Gasteiger partial charge is 0.491 e. The fraction of sp³-hybridized carbons (Fsp3) is 0.216. The molecule has 5 aromatic rings. The maximum absolute atomic E-state index is 12.4. The zero-order valence-corrected chi connectivity index (χ0v) is 25.1. The summed E-state index contributed by atoms with van der Waals surface area (Å²) in [6.45, 7) is 1.36. The van der Waals surface area contributed by atoms with Crippen molar-refractivity contribution in [2.45, 2.75) is 31.7 Å². The molecule has 1 amide bonds. The van der Waals surface area contributed by atoms with Crippen LogP contribution < -0.4 is 14.8 Å². The summed E-state index contributed by atoms with van der Waals surface area (Å²) >= 11 is 0. The van der Waals surface area contributed by atoms with Crippen molar-refractivity contribution in [2.75, 3.05) is 25.1 Å². The number of carbonyl (C=O) groups excluding carboxylic acids is 1. The number of nitrogens with zero attached hydrogens (tertiary/aromatic N) is 1. The van der Waals surface area contributed by atoms with Crippen molar-refractivity contribution in [3.8, 4) is 11.5 Å². The van der Waals surface area contributed by atoms with Crippen LogP contribution in [-0.2, 0) is 19.6 Å².